The van der Waals surface area contributed by atoms with E-state index in [1.54, 1.807) is 14.2 Å². The molecule has 0 saturated carbocycles. The second kappa shape index (κ2) is 7.36. The molecule has 1 atom stereocenters. The third-order valence-electron chi connectivity index (χ3n) is 3.14. The van der Waals surface area contributed by atoms with Gasteiger partial charge in [-0.1, -0.05) is 19.9 Å². The highest BCUT2D eigenvalue weighted by atomic mass is 16.5. The molecule has 0 spiro atoms. The van der Waals surface area contributed by atoms with Gasteiger partial charge in [0.2, 0.25) is 0 Å². The molecule has 108 valence electrons. The van der Waals surface area contributed by atoms with Gasteiger partial charge in [0.25, 0.3) is 0 Å². The predicted molar refractivity (Wildman–Crippen MR) is 79.1 cm³/mol. The Hall–Kier alpha value is -1.26. The van der Waals surface area contributed by atoms with Crippen molar-refractivity contribution in [1.29, 1.82) is 0 Å². The van der Waals surface area contributed by atoms with E-state index in [0.29, 0.717) is 12.1 Å². The SMILES string of the molecule is COc1ccc(C(CNC(C)C)N(C)C)cc1OC. The molecule has 1 aromatic rings. The number of ether oxygens (including phenoxy) is 2. The number of rotatable bonds is 7. The molecule has 0 heterocycles. The quantitative estimate of drug-likeness (QED) is 0.821. The average molecular weight is 266 g/mol. The summed E-state index contributed by atoms with van der Waals surface area (Å²) in [5.41, 5.74) is 1.22. The van der Waals surface area contributed by atoms with Crippen LogP contribution in [0.15, 0.2) is 18.2 Å². The highest BCUT2D eigenvalue weighted by Crippen LogP contribution is 2.31. The van der Waals surface area contributed by atoms with Crippen LogP contribution in [0.5, 0.6) is 11.5 Å². The van der Waals surface area contributed by atoms with E-state index in [4.69, 9.17) is 9.47 Å². The summed E-state index contributed by atoms with van der Waals surface area (Å²) in [6.45, 7) is 5.21. The van der Waals surface area contributed by atoms with E-state index in [-0.39, 0.29) is 0 Å². The van der Waals surface area contributed by atoms with Crippen molar-refractivity contribution in [3.63, 3.8) is 0 Å². The van der Waals surface area contributed by atoms with Gasteiger partial charge < -0.3 is 19.7 Å². The summed E-state index contributed by atoms with van der Waals surface area (Å²) >= 11 is 0. The van der Waals surface area contributed by atoms with Crippen molar-refractivity contribution in [3.8, 4) is 11.5 Å². The highest BCUT2D eigenvalue weighted by molar-refractivity contribution is 5.43. The van der Waals surface area contributed by atoms with Crippen LogP contribution in [0.4, 0.5) is 0 Å². The average Bonchev–Trinajstić information content (AvgIpc) is 2.37. The Morgan fingerprint density at radius 2 is 1.74 bits per heavy atom. The molecule has 0 saturated heterocycles. The first-order chi connectivity index (χ1) is 8.99. The van der Waals surface area contributed by atoms with Gasteiger partial charge in [0.05, 0.1) is 14.2 Å². The van der Waals surface area contributed by atoms with Crippen LogP contribution < -0.4 is 14.8 Å². The standard InChI is InChI=1S/C15H26N2O2/c1-11(2)16-10-13(17(3)4)12-7-8-14(18-5)15(9-12)19-6/h7-9,11,13,16H,10H2,1-6H3. The summed E-state index contributed by atoms with van der Waals surface area (Å²) < 4.78 is 10.6. The number of methoxy groups -OCH3 is 2. The second-order valence-electron chi connectivity index (χ2n) is 5.16. The van der Waals surface area contributed by atoms with E-state index in [2.05, 4.69) is 44.2 Å². The molecule has 1 N–H and O–H groups in total. The third kappa shape index (κ3) is 4.40. The zero-order valence-electron chi connectivity index (χ0n) is 12.9. The minimum atomic E-state index is 0.308. The van der Waals surface area contributed by atoms with Crippen molar-refractivity contribution < 1.29 is 9.47 Å². The number of hydrogen-bond donors (Lipinski definition) is 1. The largest absolute Gasteiger partial charge is 0.493 e. The van der Waals surface area contributed by atoms with E-state index in [1.807, 2.05) is 12.1 Å². The Balaban J connectivity index is 2.95. The van der Waals surface area contributed by atoms with Crippen LogP contribution in [0.2, 0.25) is 0 Å². The van der Waals surface area contributed by atoms with Crippen molar-refractivity contribution in [2.75, 3.05) is 34.9 Å². The van der Waals surface area contributed by atoms with Gasteiger partial charge in [-0.3, -0.25) is 0 Å². The fraction of sp³-hybridized carbons (Fsp3) is 0.600. The number of hydrogen-bond acceptors (Lipinski definition) is 4. The normalized spacial score (nSPS) is 12.8. The summed E-state index contributed by atoms with van der Waals surface area (Å²) in [6, 6.07) is 6.88. The molecule has 0 aromatic heterocycles. The lowest BCUT2D eigenvalue weighted by Crippen LogP contribution is -2.34. The molecular weight excluding hydrogens is 240 g/mol. The molecule has 0 bridgehead atoms. The summed E-state index contributed by atoms with van der Waals surface area (Å²) in [5, 5.41) is 3.48. The van der Waals surface area contributed by atoms with E-state index >= 15 is 0 Å². The molecule has 0 aliphatic heterocycles. The van der Waals surface area contributed by atoms with E-state index in [1.165, 1.54) is 5.56 Å². The smallest absolute Gasteiger partial charge is 0.161 e. The molecule has 1 rings (SSSR count). The Labute approximate surface area is 116 Å². The summed E-state index contributed by atoms with van der Waals surface area (Å²) in [5.74, 6) is 1.54. The Bertz CT molecular complexity index is 392. The van der Waals surface area contributed by atoms with Crippen LogP contribution in [0.25, 0.3) is 0 Å². The molecular formula is C15H26N2O2. The number of nitrogens with zero attached hydrogens (tertiary/aromatic N) is 1. The third-order valence-corrected chi connectivity index (χ3v) is 3.14. The lowest BCUT2D eigenvalue weighted by molar-refractivity contribution is 0.281. The van der Waals surface area contributed by atoms with Gasteiger partial charge in [-0.05, 0) is 31.8 Å². The maximum Gasteiger partial charge on any atom is 0.161 e. The van der Waals surface area contributed by atoms with Gasteiger partial charge in [-0.2, -0.15) is 0 Å². The van der Waals surface area contributed by atoms with Crippen molar-refractivity contribution in [3.05, 3.63) is 23.8 Å². The van der Waals surface area contributed by atoms with Crippen LogP contribution in [-0.4, -0.2) is 45.8 Å². The van der Waals surface area contributed by atoms with E-state index in [0.717, 1.165) is 18.0 Å². The van der Waals surface area contributed by atoms with Gasteiger partial charge in [0.15, 0.2) is 11.5 Å². The monoisotopic (exact) mass is 266 g/mol. The first-order valence-corrected chi connectivity index (χ1v) is 6.61. The fourth-order valence-corrected chi connectivity index (χ4v) is 2.01. The molecule has 4 nitrogen and oxygen atoms in total. The Morgan fingerprint density at radius 1 is 1.11 bits per heavy atom. The maximum atomic E-state index is 5.37. The van der Waals surface area contributed by atoms with E-state index < -0.39 is 0 Å². The van der Waals surface area contributed by atoms with Gasteiger partial charge in [-0.25, -0.2) is 0 Å². The van der Waals surface area contributed by atoms with Crippen LogP contribution in [0.3, 0.4) is 0 Å². The van der Waals surface area contributed by atoms with Gasteiger partial charge in [0.1, 0.15) is 0 Å². The van der Waals surface area contributed by atoms with Crippen LogP contribution in [0, 0.1) is 0 Å². The Kier molecular flexibility index (Phi) is 6.12. The molecule has 0 aliphatic carbocycles. The van der Waals surface area contributed by atoms with Crippen molar-refractivity contribution in [2.45, 2.75) is 25.9 Å². The molecule has 19 heavy (non-hydrogen) atoms. The van der Waals surface area contributed by atoms with Gasteiger partial charge >= 0.3 is 0 Å². The highest BCUT2D eigenvalue weighted by Gasteiger charge is 2.16. The first-order valence-electron chi connectivity index (χ1n) is 6.61. The molecule has 1 unspecified atom stereocenters. The number of likely N-dealkylation sites (N-methyl/N-ethyl adjacent to an activating group) is 1. The minimum Gasteiger partial charge on any atom is -0.493 e. The lowest BCUT2D eigenvalue weighted by Gasteiger charge is -2.26. The van der Waals surface area contributed by atoms with Gasteiger partial charge in [0, 0.05) is 18.6 Å². The van der Waals surface area contributed by atoms with E-state index in [9.17, 15) is 0 Å². The number of nitrogens with one attached hydrogen (secondary N) is 1. The molecule has 0 amide bonds. The second-order valence-corrected chi connectivity index (χ2v) is 5.16. The summed E-state index contributed by atoms with van der Waals surface area (Å²) in [7, 11) is 7.49. The zero-order chi connectivity index (χ0) is 14.4. The Morgan fingerprint density at radius 3 is 2.21 bits per heavy atom. The topological polar surface area (TPSA) is 33.7 Å². The van der Waals surface area contributed by atoms with Crippen LogP contribution in [-0.2, 0) is 0 Å². The maximum absolute atomic E-state index is 5.37. The number of benzene rings is 1. The summed E-state index contributed by atoms with van der Waals surface area (Å²) in [6.07, 6.45) is 0. The van der Waals surface area contributed by atoms with Crippen molar-refractivity contribution in [2.24, 2.45) is 0 Å². The molecule has 0 aliphatic rings. The minimum absolute atomic E-state index is 0.308. The zero-order valence-corrected chi connectivity index (χ0v) is 12.9. The van der Waals surface area contributed by atoms with Crippen LogP contribution in [0.1, 0.15) is 25.5 Å². The molecule has 0 radical (unpaired) electrons. The molecule has 1 aromatic carbocycles. The van der Waals surface area contributed by atoms with Gasteiger partial charge in [-0.15, -0.1) is 0 Å². The molecule has 4 heteroatoms. The fourth-order valence-electron chi connectivity index (χ4n) is 2.01. The lowest BCUT2D eigenvalue weighted by atomic mass is 10.0. The molecule has 0 fully saturated rings. The summed E-state index contributed by atoms with van der Waals surface area (Å²) in [4.78, 5) is 2.20. The van der Waals surface area contributed by atoms with Crippen molar-refractivity contribution >= 4 is 0 Å². The first kappa shape index (κ1) is 15.8. The van der Waals surface area contributed by atoms with Crippen LogP contribution >= 0.6 is 0 Å². The van der Waals surface area contributed by atoms with Crippen molar-refractivity contribution in [1.82, 2.24) is 10.2 Å². The predicted octanol–water partition coefficient (Wildman–Crippen LogP) is 2.30.